The summed E-state index contributed by atoms with van der Waals surface area (Å²) in [5.41, 5.74) is 1.96. The fourth-order valence-electron chi connectivity index (χ4n) is 4.30. The highest BCUT2D eigenvalue weighted by Gasteiger charge is 2.44. The van der Waals surface area contributed by atoms with Crippen LogP contribution in [0.2, 0.25) is 0 Å². The molecule has 5 nitrogen and oxygen atoms in total. The molecule has 1 amide bonds. The molecule has 0 unspecified atom stereocenters. The number of rotatable bonds is 3. The van der Waals surface area contributed by atoms with Crippen molar-refractivity contribution in [1.29, 1.82) is 0 Å². The van der Waals surface area contributed by atoms with Gasteiger partial charge in [0, 0.05) is 24.6 Å². The van der Waals surface area contributed by atoms with Crippen LogP contribution in [0.5, 0.6) is 0 Å². The Morgan fingerprint density at radius 2 is 1.92 bits per heavy atom. The van der Waals surface area contributed by atoms with Crippen LogP contribution >= 0.6 is 0 Å². The van der Waals surface area contributed by atoms with E-state index in [4.69, 9.17) is 0 Å². The van der Waals surface area contributed by atoms with Crippen molar-refractivity contribution in [2.45, 2.75) is 18.9 Å². The van der Waals surface area contributed by atoms with Crippen LogP contribution in [-0.2, 0) is 4.79 Å². The van der Waals surface area contributed by atoms with Crippen LogP contribution in [0, 0.1) is 17.8 Å². The summed E-state index contributed by atoms with van der Waals surface area (Å²) in [7, 11) is 0. The van der Waals surface area contributed by atoms with E-state index in [1.807, 2.05) is 46.1 Å². The second kappa shape index (κ2) is 5.30. The van der Waals surface area contributed by atoms with Gasteiger partial charge in [0.2, 0.25) is 5.91 Å². The van der Waals surface area contributed by atoms with Gasteiger partial charge in [0.25, 0.3) is 0 Å². The van der Waals surface area contributed by atoms with E-state index in [1.54, 1.807) is 0 Å². The average molecular weight is 320 g/mol. The van der Waals surface area contributed by atoms with Gasteiger partial charge in [-0.15, -0.1) is 5.10 Å². The van der Waals surface area contributed by atoms with Crippen molar-refractivity contribution in [3.8, 4) is 11.3 Å². The zero-order valence-corrected chi connectivity index (χ0v) is 13.5. The molecule has 3 atom stereocenters. The fourth-order valence-corrected chi connectivity index (χ4v) is 4.30. The Labute approximate surface area is 141 Å². The molecule has 2 heterocycles. The van der Waals surface area contributed by atoms with Crippen molar-refractivity contribution in [3.63, 3.8) is 0 Å². The van der Waals surface area contributed by atoms with Crippen molar-refractivity contribution in [2.75, 3.05) is 13.1 Å². The Morgan fingerprint density at radius 3 is 2.62 bits per heavy atom. The molecule has 1 saturated carbocycles. The summed E-state index contributed by atoms with van der Waals surface area (Å²) in [6, 6.07) is 10.3. The molecule has 1 aromatic carbocycles. The molecule has 1 aromatic heterocycles. The maximum atomic E-state index is 12.7. The molecule has 1 aliphatic heterocycles. The fraction of sp³-hybridized carbons (Fsp3) is 0.421. The number of nitrogens with zero attached hydrogens (tertiary/aromatic N) is 4. The van der Waals surface area contributed by atoms with E-state index in [2.05, 4.69) is 22.5 Å². The minimum absolute atomic E-state index is 0.219. The lowest BCUT2D eigenvalue weighted by Crippen LogP contribution is -2.53. The van der Waals surface area contributed by atoms with Crippen molar-refractivity contribution in [2.24, 2.45) is 17.8 Å². The van der Waals surface area contributed by atoms with Gasteiger partial charge in [-0.1, -0.05) is 47.7 Å². The topological polar surface area (TPSA) is 51.0 Å². The monoisotopic (exact) mass is 320 g/mol. The van der Waals surface area contributed by atoms with Gasteiger partial charge in [-0.25, -0.2) is 4.68 Å². The van der Waals surface area contributed by atoms with Crippen LogP contribution < -0.4 is 0 Å². The van der Waals surface area contributed by atoms with E-state index < -0.39 is 0 Å². The standard InChI is InChI=1S/C19H20N4O/c24-19(17-9-13-6-7-15(17)8-13)22-10-16(11-22)23-12-18(20-21-23)14-4-2-1-3-5-14/h1-7,12-13,15-17H,8-11H2/t13-,15-,17-/m0/s1. The van der Waals surface area contributed by atoms with Gasteiger partial charge in [-0.3, -0.25) is 4.79 Å². The van der Waals surface area contributed by atoms with Gasteiger partial charge in [0.15, 0.2) is 0 Å². The number of fused-ring (bicyclic) bond motifs is 2. The molecule has 0 N–H and O–H groups in total. The second-order valence-corrected chi connectivity index (χ2v) is 7.23. The smallest absolute Gasteiger partial charge is 0.226 e. The lowest BCUT2D eigenvalue weighted by Gasteiger charge is -2.41. The number of benzene rings is 1. The molecular weight excluding hydrogens is 300 g/mol. The minimum Gasteiger partial charge on any atom is -0.338 e. The summed E-state index contributed by atoms with van der Waals surface area (Å²) >= 11 is 0. The van der Waals surface area contributed by atoms with Gasteiger partial charge in [0.1, 0.15) is 5.69 Å². The molecule has 2 fully saturated rings. The third-order valence-corrected chi connectivity index (χ3v) is 5.72. The highest BCUT2D eigenvalue weighted by molar-refractivity contribution is 5.81. The number of hydrogen-bond donors (Lipinski definition) is 0. The van der Waals surface area contributed by atoms with Crippen LogP contribution in [-0.4, -0.2) is 38.9 Å². The molecule has 0 radical (unpaired) electrons. The highest BCUT2D eigenvalue weighted by Crippen LogP contribution is 2.44. The zero-order chi connectivity index (χ0) is 16.1. The Bertz CT molecular complexity index is 791. The number of carbonyl (C=O) groups is 1. The van der Waals surface area contributed by atoms with Gasteiger partial charge in [-0.2, -0.15) is 0 Å². The van der Waals surface area contributed by atoms with Crippen LogP contribution in [0.3, 0.4) is 0 Å². The van der Waals surface area contributed by atoms with E-state index in [0.717, 1.165) is 30.8 Å². The van der Waals surface area contributed by atoms with E-state index in [0.29, 0.717) is 17.7 Å². The van der Waals surface area contributed by atoms with Crippen LogP contribution in [0.1, 0.15) is 18.9 Å². The molecule has 122 valence electrons. The molecule has 3 aliphatic rings. The highest BCUT2D eigenvalue weighted by atomic mass is 16.2. The van der Waals surface area contributed by atoms with Crippen molar-refractivity contribution in [1.82, 2.24) is 19.9 Å². The number of likely N-dealkylation sites (tertiary alicyclic amines) is 1. The molecular formula is C19H20N4O. The van der Waals surface area contributed by atoms with Crippen LogP contribution in [0.15, 0.2) is 48.7 Å². The Hall–Kier alpha value is -2.43. The first kappa shape index (κ1) is 14.0. The molecule has 24 heavy (non-hydrogen) atoms. The summed E-state index contributed by atoms with van der Waals surface area (Å²) in [5, 5.41) is 8.53. The van der Waals surface area contributed by atoms with Crippen molar-refractivity contribution < 1.29 is 4.79 Å². The molecule has 5 heteroatoms. The quantitative estimate of drug-likeness (QED) is 0.817. The van der Waals surface area contributed by atoms with Crippen LogP contribution in [0.25, 0.3) is 11.3 Å². The molecule has 1 saturated heterocycles. The largest absolute Gasteiger partial charge is 0.338 e. The third-order valence-electron chi connectivity index (χ3n) is 5.72. The minimum atomic E-state index is 0.219. The number of hydrogen-bond acceptors (Lipinski definition) is 3. The van der Waals surface area contributed by atoms with E-state index >= 15 is 0 Å². The third kappa shape index (κ3) is 2.19. The molecule has 2 bridgehead atoms. The first-order valence-electron chi connectivity index (χ1n) is 8.72. The zero-order valence-electron chi connectivity index (χ0n) is 13.5. The van der Waals surface area contributed by atoms with Gasteiger partial charge in [0.05, 0.1) is 12.2 Å². The lowest BCUT2D eigenvalue weighted by atomic mass is 9.91. The maximum Gasteiger partial charge on any atom is 0.226 e. The summed E-state index contributed by atoms with van der Waals surface area (Å²) in [6.07, 6.45) is 8.74. The first-order valence-corrected chi connectivity index (χ1v) is 8.72. The molecule has 2 aromatic rings. The lowest BCUT2D eigenvalue weighted by molar-refractivity contribution is -0.142. The predicted molar refractivity (Wildman–Crippen MR) is 89.9 cm³/mol. The summed E-state index contributed by atoms with van der Waals surface area (Å²) in [6.45, 7) is 1.52. The van der Waals surface area contributed by atoms with Gasteiger partial charge < -0.3 is 4.90 Å². The predicted octanol–water partition coefficient (Wildman–Crippen LogP) is 2.54. The number of allylic oxidation sites excluding steroid dienone is 2. The van der Waals surface area contributed by atoms with Gasteiger partial charge >= 0.3 is 0 Å². The Balaban J connectivity index is 1.23. The van der Waals surface area contributed by atoms with Crippen molar-refractivity contribution in [3.05, 3.63) is 48.7 Å². The van der Waals surface area contributed by atoms with Crippen molar-refractivity contribution >= 4 is 5.91 Å². The number of carbonyl (C=O) groups excluding carboxylic acids is 1. The average Bonchev–Trinajstić information content (AvgIpc) is 3.31. The summed E-state index contributed by atoms with van der Waals surface area (Å²) in [5.74, 6) is 1.69. The van der Waals surface area contributed by atoms with Crippen LogP contribution in [0.4, 0.5) is 0 Å². The summed E-state index contributed by atoms with van der Waals surface area (Å²) in [4.78, 5) is 14.7. The van der Waals surface area contributed by atoms with E-state index in [9.17, 15) is 4.79 Å². The first-order chi connectivity index (χ1) is 11.8. The van der Waals surface area contributed by atoms with E-state index in [1.165, 1.54) is 6.42 Å². The van der Waals surface area contributed by atoms with E-state index in [-0.39, 0.29) is 12.0 Å². The number of amides is 1. The second-order valence-electron chi connectivity index (χ2n) is 7.23. The molecule has 0 spiro atoms. The Kier molecular flexibility index (Phi) is 3.08. The molecule has 2 aliphatic carbocycles. The summed E-state index contributed by atoms with van der Waals surface area (Å²) < 4.78 is 1.91. The van der Waals surface area contributed by atoms with Gasteiger partial charge in [-0.05, 0) is 24.7 Å². The Morgan fingerprint density at radius 1 is 1.08 bits per heavy atom. The molecule has 5 rings (SSSR count). The maximum absolute atomic E-state index is 12.7. The SMILES string of the molecule is O=C([C@H]1C[C@H]2C=C[C@H]1C2)N1CC(n2cc(-c3ccccc3)nn2)C1. The number of aromatic nitrogens is 3. The normalized spacial score (nSPS) is 28.3.